The van der Waals surface area contributed by atoms with Crippen LogP contribution in [-0.2, 0) is 0 Å². The summed E-state index contributed by atoms with van der Waals surface area (Å²) >= 11 is 3.54. The lowest BCUT2D eigenvalue weighted by Gasteiger charge is -2.39. The highest BCUT2D eigenvalue weighted by atomic mass is 79.9. The summed E-state index contributed by atoms with van der Waals surface area (Å²) in [6, 6.07) is 14.2. The summed E-state index contributed by atoms with van der Waals surface area (Å²) in [5.74, 6) is 1.79. The van der Waals surface area contributed by atoms with Gasteiger partial charge in [-0.3, -0.25) is 0 Å². The third kappa shape index (κ3) is 1.70. The fourth-order valence-electron chi connectivity index (χ4n) is 2.66. The molecule has 3 nitrogen and oxygen atoms in total. The van der Waals surface area contributed by atoms with Crippen LogP contribution in [0.25, 0.3) is 0 Å². The van der Waals surface area contributed by atoms with Gasteiger partial charge in [-0.1, -0.05) is 24.3 Å². The number of benzene rings is 2. The third-order valence-corrected chi connectivity index (χ3v) is 4.19. The van der Waals surface area contributed by atoms with Crippen LogP contribution in [-0.4, -0.2) is 12.6 Å². The van der Waals surface area contributed by atoms with Crippen molar-refractivity contribution >= 4 is 21.6 Å². The summed E-state index contributed by atoms with van der Waals surface area (Å²) in [4.78, 5) is 0. The molecule has 0 aromatic heterocycles. The van der Waals surface area contributed by atoms with E-state index in [1.165, 1.54) is 0 Å². The maximum atomic E-state index is 6.20. The minimum Gasteiger partial charge on any atom is -0.491 e. The van der Waals surface area contributed by atoms with Crippen LogP contribution in [0.4, 0.5) is 5.69 Å². The zero-order chi connectivity index (χ0) is 12.8. The highest BCUT2D eigenvalue weighted by Gasteiger charge is 2.37. The summed E-state index contributed by atoms with van der Waals surface area (Å²) in [5.41, 5.74) is 2.12. The van der Waals surface area contributed by atoms with Crippen molar-refractivity contribution in [1.29, 1.82) is 0 Å². The van der Waals surface area contributed by atoms with Crippen LogP contribution >= 0.6 is 15.9 Å². The van der Waals surface area contributed by atoms with Gasteiger partial charge in [0.25, 0.3) is 0 Å². The first kappa shape index (κ1) is 11.2. The maximum absolute atomic E-state index is 6.20. The number of hydrogen-bond acceptors (Lipinski definition) is 3. The second-order valence-corrected chi connectivity index (χ2v) is 5.61. The number of rotatable bonds is 0. The van der Waals surface area contributed by atoms with Crippen LogP contribution in [0.5, 0.6) is 11.5 Å². The molecule has 2 aliphatic rings. The van der Waals surface area contributed by atoms with Gasteiger partial charge in [-0.05, 0) is 34.1 Å². The maximum Gasteiger partial charge on any atom is 0.157 e. The number of ether oxygens (including phenoxy) is 2. The number of hydrogen-bond donors (Lipinski definition) is 1. The molecule has 2 unspecified atom stereocenters. The quantitative estimate of drug-likeness (QED) is 0.802. The van der Waals surface area contributed by atoms with Crippen LogP contribution in [0.3, 0.4) is 0 Å². The Morgan fingerprint density at radius 3 is 2.95 bits per heavy atom. The zero-order valence-corrected chi connectivity index (χ0v) is 11.7. The predicted octanol–water partition coefficient (Wildman–Crippen LogP) is 3.76. The number of para-hydroxylation sites is 2. The predicted molar refractivity (Wildman–Crippen MR) is 76.9 cm³/mol. The molecule has 4 rings (SSSR count). The van der Waals surface area contributed by atoms with Crippen molar-refractivity contribution < 1.29 is 9.47 Å². The molecule has 4 heteroatoms. The van der Waals surface area contributed by atoms with Crippen molar-refractivity contribution in [2.24, 2.45) is 0 Å². The molecule has 0 bridgehead atoms. The molecule has 1 N–H and O–H groups in total. The van der Waals surface area contributed by atoms with Crippen LogP contribution in [0, 0.1) is 0 Å². The van der Waals surface area contributed by atoms with Crippen molar-refractivity contribution in [2.75, 3.05) is 11.9 Å². The van der Waals surface area contributed by atoms with Gasteiger partial charge in [-0.25, -0.2) is 0 Å². The Balaban J connectivity index is 1.81. The van der Waals surface area contributed by atoms with E-state index in [4.69, 9.17) is 9.47 Å². The molecule has 0 aliphatic carbocycles. The van der Waals surface area contributed by atoms with Gasteiger partial charge in [0.2, 0.25) is 0 Å². The molecule has 0 spiro atoms. The number of halogens is 1. The lowest BCUT2D eigenvalue weighted by Crippen LogP contribution is -2.42. The van der Waals surface area contributed by atoms with Gasteiger partial charge in [0.05, 0.1) is 10.2 Å². The summed E-state index contributed by atoms with van der Waals surface area (Å²) in [5, 5.41) is 3.50. The Bertz CT molecular complexity index is 644. The smallest absolute Gasteiger partial charge is 0.157 e. The van der Waals surface area contributed by atoms with Crippen molar-refractivity contribution in [3.05, 3.63) is 52.5 Å². The largest absolute Gasteiger partial charge is 0.491 e. The van der Waals surface area contributed by atoms with E-state index in [-0.39, 0.29) is 12.1 Å². The Morgan fingerprint density at radius 1 is 1.11 bits per heavy atom. The van der Waals surface area contributed by atoms with Gasteiger partial charge < -0.3 is 14.8 Å². The summed E-state index contributed by atoms with van der Waals surface area (Å²) < 4.78 is 13.0. The first-order chi connectivity index (χ1) is 9.33. The monoisotopic (exact) mass is 317 g/mol. The number of anilines is 1. The molecular weight excluding hydrogens is 306 g/mol. The molecule has 2 atom stereocenters. The molecular formula is C15H12BrNO2. The Kier molecular flexibility index (Phi) is 2.45. The van der Waals surface area contributed by atoms with Gasteiger partial charge in [0.15, 0.2) is 11.9 Å². The van der Waals surface area contributed by atoms with Crippen molar-refractivity contribution in [3.8, 4) is 11.5 Å². The van der Waals surface area contributed by atoms with Crippen molar-refractivity contribution in [2.45, 2.75) is 12.1 Å². The minimum absolute atomic E-state index is 0.00356. The van der Waals surface area contributed by atoms with Gasteiger partial charge in [0, 0.05) is 5.56 Å². The van der Waals surface area contributed by atoms with E-state index >= 15 is 0 Å². The average Bonchev–Trinajstić information content (AvgIpc) is 2.46. The van der Waals surface area contributed by atoms with Gasteiger partial charge >= 0.3 is 0 Å². The second-order valence-electron chi connectivity index (χ2n) is 4.75. The lowest BCUT2D eigenvalue weighted by molar-refractivity contribution is 0.111. The normalized spacial score (nSPS) is 23.0. The highest BCUT2D eigenvalue weighted by molar-refractivity contribution is 9.10. The molecule has 0 saturated heterocycles. The molecule has 2 aromatic rings. The fourth-order valence-corrected chi connectivity index (χ4v) is 3.12. The summed E-state index contributed by atoms with van der Waals surface area (Å²) in [6.07, 6.45) is -0.00356. The van der Waals surface area contributed by atoms with E-state index in [1.807, 2.05) is 36.4 Å². The fraction of sp³-hybridized carbons (Fsp3) is 0.200. The Labute approximate surface area is 119 Å². The van der Waals surface area contributed by atoms with E-state index in [9.17, 15) is 0 Å². The third-order valence-electron chi connectivity index (χ3n) is 3.56. The van der Waals surface area contributed by atoms with Crippen LogP contribution in [0.15, 0.2) is 46.9 Å². The van der Waals surface area contributed by atoms with Crippen LogP contribution in [0.2, 0.25) is 0 Å². The first-order valence-electron chi connectivity index (χ1n) is 6.26. The Morgan fingerprint density at radius 2 is 2.00 bits per heavy atom. The molecule has 19 heavy (non-hydrogen) atoms. The first-order valence-corrected chi connectivity index (χ1v) is 7.05. The highest BCUT2D eigenvalue weighted by Crippen LogP contribution is 2.45. The molecule has 96 valence electrons. The standard InChI is InChI=1S/C15H12BrNO2/c16-10-5-3-6-11-15(10)19-14-9-4-1-2-7-13(9)18-8-12(14)17-11/h1-7,12,14,17H,8H2. The molecule has 2 heterocycles. The lowest BCUT2D eigenvalue weighted by atomic mass is 9.97. The summed E-state index contributed by atoms with van der Waals surface area (Å²) in [7, 11) is 0. The zero-order valence-electron chi connectivity index (χ0n) is 10.1. The summed E-state index contributed by atoms with van der Waals surface area (Å²) in [6.45, 7) is 0.619. The molecule has 2 aromatic carbocycles. The topological polar surface area (TPSA) is 30.5 Å². The molecule has 0 radical (unpaired) electrons. The SMILES string of the molecule is Brc1cccc2c1OC1c3ccccc3OCC1N2. The van der Waals surface area contributed by atoms with Crippen molar-refractivity contribution in [3.63, 3.8) is 0 Å². The van der Waals surface area contributed by atoms with Crippen LogP contribution < -0.4 is 14.8 Å². The van der Waals surface area contributed by atoms with Crippen molar-refractivity contribution in [1.82, 2.24) is 0 Å². The number of nitrogens with one attached hydrogen (secondary N) is 1. The van der Waals surface area contributed by atoms with E-state index in [1.54, 1.807) is 0 Å². The van der Waals surface area contributed by atoms with Gasteiger partial charge in [-0.15, -0.1) is 0 Å². The van der Waals surface area contributed by atoms with E-state index < -0.39 is 0 Å². The second kappa shape index (κ2) is 4.17. The number of fused-ring (bicyclic) bond motifs is 4. The van der Waals surface area contributed by atoms with E-state index in [0.29, 0.717) is 6.61 Å². The Hall–Kier alpha value is -1.68. The molecule has 0 fully saturated rings. The molecule has 0 saturated carbocycles. The average molecular weight is 318 g/mol. The van der Waals surface area contributed by atoms with Gasteiger partial charge in [-0.2, -0.15) is 0 Å². The van der Waals surface area contributed by atoms with E-state index in [2.05, 4.69) is 27.3 Å². The van der Waals surface area contributed by atoms with Crippen LogP contribution in [0.1, 0.15) is 11.7 Å². The molecule has 0 amide bonds. The van der Waals surface area contributed by atoms with Gasteiger partial charge in [0.1, 0.15) is 18.4 Å². The minimum atomic E-state index is -0.00356. The van der Waals surface area contributed by atoms with E-state index in [0.717, 1.165) is 27.2 Å². The molecule has 2 aliphatic heterocycles.